The molecular weight excluding hydrogens is 334 g/mol. The lowest BCUT2D eigenvalue weighted by atomic mass is 9.94. The SMILES string of the molecule is CC(CC1OCCc2ccccc21)NCC(O)c1ccc2ccccc2c1. The van der Waals surface area contributed by atoms with Crippen molar-refractivity contribution in [3.8, 4) is 0 Å². The summed E-state index contributed by atoms with van der Waals surface area (Å²) >= 11 is 0. The number of aliphatic hydroxyl groups is 1. The van der Waals surface area contributed by atoms with Gasteiger partial charge in [0.25, 0.3) is 0 Å². The quantitative estimate of drug-likeness (QED) is 0.676. The van der Waals surface area contributed by atoms with Gasteiger partial charge in [-0.25, -0.2) is 0 Å². The third kappa shape index (κ3) is 4.22. The zero-order chi connectivity index (χ0) is 18.6. The molecule has 27 heavy (non-hydrogen) atoms. The molecule has 0 saturated heterocycles. The molecule has 3 atom stereocenters. The molecule has 4 rings (SSSR count). The molecule has 1 aliphatic heterocycles. The second kappa shape index (κ2) is 8.22. The van der Waals surface area contributed by atoms with Crippen LogP contribution in [0.2, 0.25) is 0 Å². The first-order valence-corrected chi connectivity index (χ1v) is 9.80. The highest BCUT2D eigenvalue weighted by molar-refractivity contribution is 5.83. The van der Waals surface area contributed by atoms with Crippen LogP contribution < -0.4 is 5.32 Å². The Morgan fingerprint density at radius 1 is 1.04 bits per heavy atom. The van der Waals surface area contributed by atoms with Crippen LogP contribution in [0.5, 0.6) is 0 Å². The highest BCUT2D eigenvalue weighted by Crippen LogP contribution is 2.30. The van der Waals surface area contributed by atoms with Crippen molar-refractivity contribution in [1.82, 2.24) is 5.32 Å². The number of ether oxygens (including phenoxy) is 1. The van der Waals surface area contributed by atoms with Gasteiger partial charge in [-0.15, -0.1) is 0 Å². The van der Waals surface area contributed by atoms with Crippen LogP contribution >= 0.6 is 0 Å². The van der Waals surface area contributed by atoms with E-state index in [4.69, 9.17) is 4.74 Å². The van der Waals surface area contributed by atoms with E-state index in [0.717, 1.165) is 30.4 Å². The second-order valence-corrected chi connectivity index (χ2v) is 7.48. The molecule has 0 radical (unpaired) electrons. The highest BCUT2D eigenvalue weighted by Gasteiger charge is 2.22. The maximum atomic E-state index is 10.6. The summed E-state index contributed by atoms with van der Waals surface area (Å²) in [6.45, 7) is 3.48. The van der Waals surface area contributed by atoms with Gasteiger partial charge in [0.2, 0.25) is 0 Å². The molecule has 3 nitrogen and oxygen atoms in total. The van der Waals surface area contributed by atoms with Gasteiger partial charge >= 0.3 is 0 Å². The fraction of sp³-hybridized carbons (Fsp3) is 0.333. The number of hydrogen-bond acceptors (Lipinski definition) is 3. The molecule has 2 N–H and O–H groups in total. The minimum Gasteiger partial charge on any atom is -0.387 e. The minimum absolute atomic E-state index is 0.135. The van der Waals surface area contributed by atoms with E-state index < -0.39 is 6.10 Å². The van der Waals surface area contributed by atoms with E-state index >= 15 is 0 Å². The minimum atomic E-state index is -0.517. The van der Waals surface area contributed by atoms with Crippen LogP contribution in [0.1, 0.15) is 42.2 Å². The van der Waals surface area contributed by atoms with Crippen LogP contribution in [-0.4, -0.2) is 24.3 Å². The van der Waals surface area contributed by atoms with Crippen molar-refractivity contribution in [1.29, 1.82) is 0 Å². The van der Waals surface area contributed by atoms with Crippen molar-refractivity contribution in [3.05, 3.63) is 83.4 Å². The molecule has 0 saturated carbocycles. The fourth-order valence-electron chi connectivity index (χ4n) is 3.92. The third-order valence-corrected chi connectivity index (χ3v) is 5.48. The van der Waals surface area contributed by atoms with E-state index in [-0.39, 0.29) is 12.1 Å². The van der Waals surface area contributed by atoms with Crippen molar-refractivity contribution in [2.24, 2.45) is 0 Å². The first-order chi connectivity index (χ1) is 13.2. The van der Waals surface area contributed by atoms with Gasteiger partial charge in [0, 0.05) is 12.6 Å². The Bertz CT molecular complexity index is 908. The zero-order valence-electron chi connectivity index (χ0n) is 15.8. The molecule has 0 aliphatic carbocycles. The molecule has 0 bridgehead atoms. The van der Waals surface area contributed by atoms with E-state index in [1.165, 1.54) is 16.5 Å². The molecule has 0 aromatic heterocycles. The summed E-state index contributed by atoms with van der Waals surface area (Å²) in [6.07, 6.45) is 1.52. The fourth-order valence-corrected chi connectivity index (χ4v) is 3.92. The Hall–Kier alpha value is -2.20. The lowest BCUT2D eigenvalue weighted by molar-refractivity contribution is 0.0296. The van der Waals surface area contributed by atoms with Gasteiger partial charge in [0.1, 0.15) is 0 Å². The summed E-state index contributed by atoms with van der Waals surface area (Å²) < 4.78 is 6.01. The van der Waals surface area contributed by atoms with Crippen LogP contribution in [0.25, 0.3) is 10.8 Å². The Kier molecular flexibility index (Phi) is 5.53. The van der Waals surface area contributed by atoms with Crippen LogP contribution in [0.15, 0.2) is 66.7 Å². The number of rotatable bonds is 6. The molecule has 3 heteroatoms. The predicted octanol–water partition coefficient (Wildman–Crippen LogP) is 4.56. The van der Waals surface area contributed by atoms with Gasteiger partial charge in [-0.2, -0.15) is 0 Å². The number of benzene rings is 3. The Morgan fingerprint density at radius 3 is 2.70 bits per heavy atom. The predicted molar refractivity (Wildman–Crippen MR) is 110 cm³/mol. The van der Waals surface area contributed by atoms with Gasteiger partial charge in [0.05, 0.1) is 18.8 Å². The lowest BCUT2D eigenvalue weighted by Gasteiger charge is -2.29. The first kappa shape index (κ1) is 18.2. The van der Waals surface area contributed by atoms with Crippen molar-refractivity contribution < 1.29 is 9.84 Å². The van der Waals surface area contributed by atoms with Gasteiger partial charge < -0.3 is 15.2 Å². The third-order valence-electron chi connectivity index (χ3n) is 5.48. The molecule has 1 aliphatic rings. The maximum Gasteiger partial charge on any atom is 0.0914 e. The van der Waals surface area contributed by atoms with Gasteiger partial charge in [-0.05, 0) is 53.3 Å². The van der Waals surface area contributed by atoms with Crippen LogP contribution in [0.4, 0.5) is 0 Å². The molecule has 3 aromatic carbocycles. The smallest absolute Gasteiger partial charge is 0.0914 e. The summed E-state index contributed by atoms with van der Waals surface area (Å²) in [5.41, 5.74) is 3.66. The second-order valence-electron chi connectivity index (χ2n) is 7.48. The number of fused-ring (bicyclic) bond motifs is 2. The first-order valence-electron chi connectivity index (χ1n) is 9.80. The van der Waals surface area contributed by atoms with Gasteiger partial charge in [-0.3, -0.25) is 0 Å². The van der Waals surface area contributed by atoms with Crippen LogP contribution in [0, 0.1) is 0 Å². The summed E-state index contributed by atoms with van der Waals surface area (Å²) in [4.78, 5) is 0. The van der Waals surface area contributed by atoms with Crippen LogP contribution in [-0.2, 0) is 11.2 Å². The van der Waals surface area contributed by atoms with Crippen molar-refractivity contribution >= 4 is 10.8 Å². The number of hydrogen-bond donors (Lipinski definition) is 2. The molecule has 0 amide bonds. The molecule has 3 unspecified atom stereocenters. The normalized spacial score (nSPS) is 18.8. The summed E-state index contributed by atoms with van der Waals surface area (Å²) in [5, 5.41) is 16.4. The average Bonchev–Trinajstić information content (AvgIpc) is 2.72. The monoisotopic (exact) mass is 361 g/mol. The Balaban J connectivity index is 1.35. The van der Waals surface area contributed by atoms with Crippen molar-refractivity contribution in [3.63, 3.8) is 0 Å². The zero-order valence-corrected chi connectivity index (χ0v) is 15.8. The Morgan fingerprint density at radius 2 is 1.81 bits per heavy atom. The summed E-state index contributed by atoms with van der Waals surface area (Å²) in [5.74, 6) is 0. The van der Waals surface area contributed by atoms with Crippen molar-refractivity contribution in [2.45, 2.75) is 38.0 Å². The van der Waals surface area contributed by atoms with Crippen molar-refractivity contribution in [2.75, 3.05) is 13.2 Å². The maximum absolute atomic E-state index is 10.6. The molecule has 3 aromatic rings. The molecular formula is C24H27NO2. The van der Waals surface area contributed by atoms with Crippen LogP contribution in [0.3, 0.4) is 0 Å². The Labute approximate surface area is 161 Å². The number of aliphatic hydroxyl groups excluding tert-OH is 1. The standard InChI is InChI=1S/C24H27NO2/c1-17(14-24-22-9-5-4-7-19(22)12-13-27-24)25-16-23(26)21-11-10-18-6-2-3-8-20(18)15-21/h2-11,15,17,23-26H,12-14,16H2,1H3. The van der Waals surface area contributed by atoms with E-state index in [9.17, 15) is 5.11 Å². The lowest BCUT2D eigenvalue weighted by Crippen LogP contribution is -2.33. The average molecular weight is 361 g/mol. The summed E-state index contributed by atoms with van der Waals surface area (Å²) in [7, 11) is 0. The molecule has 140 valence electrons. The number of nitrogens with one attached hydrogen (secondary N) is 1. The van der Waals surface area contributed by atoms with Gasteiger partial charge in [-0.1, -0.05) is 60.7 Å². The summed E-state index contributed by atoms with van der Waals surface area (Å²) in [6, 6.07) is 23.2. The topological polar surface area (TPSA) is 41.5 Å². The van der Waals surface area contributed by atoms with Gasteiger partial charge in [0.15, 0.2) is 0 Å². The van der Waals surface area contributed by atoms with E-state index in [1.807, 2.05) is 18.2 Å². The largest absolute Gasteiger partial charge is 0.387 e. The van der Waals surface area contributed by atoms with E-state index in [1.54, 1.807) is 0 Å². The highest BCUT2D eigenvalue weighted by atomic mass is 16.5. The molecule has 0 fully saturated rings. The molecule has 1 heterocycles. The van der Waals surface area contributed by atoms with E-state index in [0.29, 0.717) is 6.54 Å². The molecule has 0 spiro atoms. The van der Waals surface area contributed by atoms with E-state index in [2.05, 4.69) is 60.8 Å².